The van der Waals surface area contributed by atoms with Crippen LogP contribution in [-0.4, -0.2) is 23.0 Å². The summed E-state index contributed by atoms with van der Waals surface area (Å²) in [6.45, 7) is 2.12. The smallest absolute Gasteiger partial charge is 0.149 e. The first-order valence-electron chi connectivity index (χ1n) is 5.39. The molecule has 0 radical (unpaired) electrons. The molecule has 1 aliphatic heterocycles. The van der Waals surface area contributed by atoms with E-state index in [1.165, 1.54) is 12.8 Å². The molecule has 0 bridgehead atoms. The summed E-state index contributed by atoms with van der Waals surface area (Å²) in [5.41, 5.74) is 1.08. The van der Waals surface area contributed by atoms with Gasteiger partial charge in [-0.15, -0.1) is 0 Å². The van der Waals surface area contributed by atoms with Crippen LogP contribution >= 0.6 is 23.2 Å². The van der Waals surface area contributed by atoms with Gasteiger partial charge in [-0.25, -0.2) is 4.98 Å². The second kappa shape index (κ2) is 5.39. The molecule has 88 valence electrons. The minimum absolute atomic E-state index is 0.154. The quantitative estimate of drug-likeness (QED) is 0.772. The molecule has 3 nitrogen and oxygen atoms in total. The van der Waals surface area contributed by atoms with Crippen molar-refractivity contribution in [1.29, 1.82) is 5.26 Å². The molecule has 2 rings (SSSR count). The molecule has 17 heavy (non-hydrogen) atoms. The zero-order chi connectivity index (χ0) is 12.3. The second-order valence-electron chi connectivity index (χ2n) is 3.87. The highest BCUT2D eigenvalue weighted by molar-refractivity contribution is 6.33. The predicted octanol–water partition coefficient (Wildman–Crippen LogP) is 3.33. The molecule has 0 saturated carbocycles. The van der Waals surface area contributed by atoms with Crippen molar-refractivity contribution in [3.8, 4) is 6.07 Å². The molecule has 1 aliphatic rings. The van der Waals surface area contributed by atoms with Crippen LogP contribution in [0.3, 0.4) is 0 Å². The Morgan fingerprint density at radius 2 is 2.06 bits per heavy atom. The predicted molar refractivity (Wildman–Crippen MR) is 68.8 cm³/mol. The number of likely N-dealkylation sites (tertiary alicyclic amines) is 1. The molecule has 1 aromatic rings. The molecule has 0 amide bonds. The zero-order valence-corrected chi connectivity index (χ0v) is 10.7. The molecule has 0 atom stereocenters. The van der Waals surface area contributed by atoms with Gasteiger partial charge in [0, 0.05) is 13.1 Å². The van der Waals surface area contributed by atoms with Gasteiger partial charge in [0.15, 0.2) is 0 Å². The van der Waals surface area contributed by atoms with Gasteiger partial charge in [0.2, 0.25) is 0 Å². The fourth-order valence-corrected chi connectivity index (χ4v) is 2.31. The molecule has 2 heterocycles. The van der Waals surface area contributed by atoms with Gasteiger partial charge in [0.1, 0.15) is 16.4 Å². The zero-order valence-electron chi connectivity index (χ0n) is 9.16. The van der Waals surface area contributed by atoms with E-state index < -0.39 is 0 Å². The standard InChI is InChI=1S/C12H11Cl2N3/c13-11-7-9(10(8-15)12(14)16-11)3-6-17-4-1-2-5-17/h3,6-7H,1-2,4-5H2/b6-3+. The first kappa shape index (κ1) is 12.2. The molecule has 0 spiro atoms. The first-order chi connectivity index (χ1) is 8.20. The fourth-order valence-electron chi connectivity index (χ4n) is 1.82. The summed E-state index contributed by atoms with van der Waals surface area (Å²) in [4.78, 5) is 6.06. The van der Waals surface area contributed by atoms with Gasteiger partial charge in [-0.05, 0) is 36.7 Å². The van der Waals surface area contributed by atoms with E-state index in [0.717, 1.165) is 13.1 Å². The number of nitriles is 1. The van der Waals surface area contributed by atoms with Crippen LogP contribution in [0.1, 0.15) is 24.0 Å². The number of pyridine rings is 1. The van der Waals surface area contributed by atoms with Crippen LogP contribution in [0, 0.1) is 11.3 Å². The molecular formula is C12H11Cl2N3. The fraction of sp³-hybridized carbons (Fsp3) is 0.333. The van der Waals surface area contributed by atoms with Crippen molar-refractivity contribution in [2.24, 2.45) is 0 Å². The van der Waals surface area contributed by atoms with Crippen molar-refractivity contribution in [3.05, 3.63) is 33.7 Å². The van der Waals surface area contributed by atoms with E-state index in [-0.39, 0.29) is 5.15 Å². The molecule has 1 fully saturated rings. The van der Waals surface area contributed by atoms with Crippen LogP contribution in [0.4, 0.5) is 0 Å². The Kier molecular flexibility index (Phi) is 3.88. The van der Waals surface area contributed by atoms with Crippen molar-refractivity contribution >= 4 is 29.3 Å². The van der Waals surface area contributed by atoms with Crippen molar-refractivity contribution in [2.75, 3.05) is 13.1 Å². The third kappa shape index (κ3) is 2.91. The summed E-state index contributed by atoms with van der Waals surface area (Å²) in [5.74, 6) is 0. The van der Waals surface area contributed by atoms with Crippen LogP contribution in [0.2, 0.25) is 10.3 Å². The minimum atomic E-state index is 0.154. The summed E-state index contributed by atoms with van der Waals surface area (Å²) in [6, 6.07) is 3.69. The van der Waals surface area contributed by atoms with Crippen LogP contribution in [0.15, 0.2) is 12.3 Å². The molecular weight excluding hydrogens is 257 g/mol. The van der Waals surface area contributed by atoms with Crippen molar-refractivity contribution in [3.63, 3.8) is 0 Å². The largest absolute Gasteiger partial charge is 0.377 e. The van der Waals surface area contributed by atoms with Crippen LogP contribution in [-0.2, 0) is 0 Å². The highest BCUT2D eigenvalue weighted by Crippen LogP contribution is 2.22. The summed E-state index contributed by atoms with van der Waals surface area (Å²) >= 11 is 11.7. The Morgan fingerprint density at radius 3 is 2.71 bits per heavy atom. The summed E-state index contributed by atoms with van der Waals surface area (Å²) in [6.07, 6.45) is 6.28. The molecule has 0 aliphatic carbocycles. The average Bonchev–Trinajstić information content (AvgIpc) is 2.78. The van der Waals surface area contributed by atoms with Crippen molar-refractivity contribution in [2.45, 2.75) is 12.8 Å². The third-order valence-electron chi connectivity index (χ3n) is 2.69. The van der Waals surface area contributed by atoms with Gasteiger partial charge in [-0.1, -0.05) is 23.2 Å². The number of hydrogen-bond acceptors (Lipinski definition) is 3. The lowest BCUT2D eigenvalue weighted by Gasteiger charge is -2.10. The maximum absolute atomic E-state index is 9.02. The van der Waals surface area contributed by atoms with E-state index in [9.17, 15) is 0 Å². The summed E-state index contributed by atoms with van der Waals surface area (Å²) < 4.78 is 0. The number of aromatic nitrogens is 1. The van der Waals surface area contributed by atoms with E-state index in [0.29, 0.717) is 16.3 Å². The van der Waals surface area contributed by atoms with E-state index in [4.69, 9.17) is 28.5 Å². The number of hydrogen-bond donors (Lipinski definition) is 0. The van der Waals surface area contributed by atoms with E-state index >= 15 is 0 Å². The summed E-state index contributed by atoms with van der Waals surface area (Å²) in [5, 5.41) is 9.47. The van der Waals surface area contributed by atoms with Gasteiger partial charge >= 0.3 is 0 Å². The lowest BCUT2D eigenvalue weighted by molar-refractivity contribution is 0.471. The Labute approximate surface area is 110 Å². The Morgan fingerprint density at radius 1 is 1.35 bits per heavy atom. The lowest BCUT2D eigenvalue weighted by atomic mass is 10.1. The third-order valence-corrected chi connectivity index (χ3v) is 3.16. The Balaban J connectivity index is 2.28. The molecule has 1 saturated heterocycles. The number of rotatable bonds is 2. The van der Waals surface area contributed by atoms with Gasteiger partial charge < -0.3 is 4.90 Å². The topological polar surface area (TPSA) is 39.9 Å². The first-order valence-corrected chi connectivity index (χ1v) is 6.14. The van der Waals surface area contributed by atoms with Gasteiger partial charge in [0.05, 0.1) is 5.56 Å². The molecule has 5 heteroatoms. The highest BCUT2D eigenvalue weighted by atomic mass is 35.5. The van der Waals surface area contributed by atoms with Crippen LogP contribution in [0.25, 0.3) is 6.08 Å². The molecule has 0 N–H and O–H groups in total. The van der Waals surface area contributed by atoms with Gasteiger partial charge in [0.25, 0.3) is 0 Å². The van der Waals surface area contributed by atoms with E-state index in [1.807, 2.05) is 18.3 Å². The SMILES string of the molecule is N#Cc1c(/C=C/N2CCCC2)cc(Cl)nc1Cl. The normalized spacial score (nSPS) is 15.5. The average molecular weight is 268 g/mol. The van der Waals surface area contributed by atoms with Gasteiger partial charge in [-0.3, -0.25) is 0 Å². The maximum atomic E-state index is 9.02. The Hall–Kier alpha value is -1.24. The molecule has 1 aromatic heterocycles. The second-order valence-corrected chi connectivity index (χ2v) is 4.62. The molecule has 0 aromatic carbocycles. The van der Waals surface area contributed by atoms with E-state index in [1.54, 1.807) is 6.07 Å². The number of nitrogens with zero attached hydrogens (tertiary/aromatic N) is 3. The number of halogens is 2. The van der Waals surface area contributed by atoms with Crippen LogP contribution in [0.5, 0.6) is 0 Å². The van der Waals surface area contributed by atoms with Gasteiger partial charge in [-0.2, -0.15) is 5.26 Å². The Bertz CT molecular complexity index is 485. The minimum Gasteiger partial charge on any atom is -0.377 e. The lowest BCUT2D eigenvalue weighted by Crippen LogP contribution is -2.10. The van der Waals surface area contributed by atoms with Crippen molar-refractivity contribution in [1.82, 2.24) is 9.88 Å². The maximum Gasteiger partial charge on any atom is 0.149 e. The van der Waals surface area contributed by atoms with E-state index in [2.05, 4.69) is 9.88 Å². The monoisotopic (exact) mass is 267 g/mol. The summed E-state index contributed by atoms with van der Waals surface area (Å²) in [7, 11) is 0. The van der Waals surface area contributed by atoms with Crippen LogP contribution < -0.4 is 0 Å². The highest BCUT2D eigenvalue weighted by Gasteiger charge is 2.10. The van der Waals surface area contributed by atoms with Crippen molar-refractivity contribution < 1.29 is 0 Å². The molecule has 0 unspecified atom stereocenters.